The molecule has 1 N–H and O–H groups in total. The smallest absolute Gasteiger partial charge is 0.338 e. The average Bonchev–Trinajstić information content (AvgIpc) is 2.80. The van der Waals surface area contributed by atoms with E-state index in [1.54, 1.807) is 24.3 Å². The fraction of sp³-hybridized carbons (Fsp3) is 0.462. The summed E-state index contributed by atoms with van der Waals surface area (Å²) in [5.74, 6) is 1.01. The molecule has 6 nitrogen and oxygen atoms in total. The lowest BCUT2D eigenvalue weighted by Gasteiger charge is -2.13. The van der Waals surface area contributed by atoms with E-state index >= 15 is 0 Å². The van der Waals surface area contributed by atoms with Crippen molar-refractivity contribution < 1.29 is 23.8 Å². The summed E-state index contributed by atoms with van der Waals surface area (Å²) in [6.07, 6.45) is 4.81. The predicted octanol–water partition coefficient (Wildman–Crippen LogP) is 5.79. The quantitative estimate of drug-likeness (QED) is 0.297. The van der Waals surface area contributed by atoms with Crippen molar-refractivity contribution in [2.45, 2.75) is 59.3 Å². The maximum atomic E-state index is 12.4. The van der Waals surface area contributed by atoms with Gasteiger partial charge in [-0.15, -0.1) is 0 Å². The number of benzene rings is 2. The van der Waals surface area contributed by atoms with E-state index < -0.39 is 0 Å². The largest absolute Gasteiger partial charge is 0.490 e. The second-order valence-corrected chi connectivity index (χ2v) is 7.53. The van der Waals surface area contributed by atoms with Gasteiger partial charge in [-0.3, -0.25) is 4.79 Å². The first-order valence-electron chi connectivity index (χ1n) is 11.5. The van der Waals surface area contributed by atoms with E-state index in [0.717, 1.165) is 37.0 Å². The van der Waals surface area contributed by atoms with Crippen LogP contribution in [0.15, 0.2) is 42.5 Å². The number of aryl methyl sites for hydroxylation is 1. The number of rotatable bonds is 14. The fourth-order valence-electron chi connectivity index (χ4n) is 2.99. The molecule has 32 heavy (non-hydrogen) atoms. The summed E-state index contributed by atoms with van der Waals surface area (Å²) < 4.78 is 16.7. The number of unbranched alkanes of at least 4 members (excludes halogenated alkanes) is 2. The van der Waals surface area contributed by atoms with E-state index in [1.807, 2.05) is 32.0 Å². The molecule has 0 spiro atoms. The third-order valence-corrected chi connectivity index (χ3v) is 4.84. The highest BCUT2D eigenvalue weighted by Crippen LogP contribution is 2.29. The van der Waals surface area contributed by atoms with Gasteiger partial charge in [-0.25, -0.2) is 4.79 Å². The molecule has 0 saturated carbocycles. The van der Waals surface area contributed by atoms with Gasteiger partial charge in [0.05, 0.1) is 25.4 Å². The molecular formula is C26H35NO5. The fourth-order valence-corrected chi connectivity index (χ4v) is 2.99. The summed E-state index contributed by atoms with van der Waals surface area (Å²) in [5, 5.41) is 2.87. The zero-order chi connectivity index (χ0) is 23.2. The molecule has 0 radical (unpaired) electrons. The van der Waals surface area contributed by atoms with Crippen molar-refractivity contribution in [3.8, 4) is 11.5 Å². The SMILES string of the molecule is CCCCOC(=O)c1ccc(NC(=O)CCc2ccc(OCCCC)c(OCC)c2)cc1. The molecule has 0 saturated heterocycles. The van der Waals surface area contributed by atoms with Crippen LogP contribution in [0.3, 0.4) is 0 Å². The van der Waals surface area contributed by atoms with Crippen molar-refractivity contribution in [3.63, 3.8) is 0 Å². The second kappa shape index (κ2) is 14.1. The van der Waals surface area contributed by atoms with Crippen molar-refractivity contribution in [3.05, 3.63) is 53.6 Å². The van der Waals surface area contributed by atoms with Crippen LogP contribution < -0.4 is 14.8 Å². The first-order valence-corrected chi connectivity index (χ1v) is 11.5. The second-order valence-electron chi connectivity index (χ2n) is 7.53. The minimum atomic E-state index is -0.344. The standard InChI is InChI=1S/C26H35NO5/c1-4-7-17-31-23-15-9-20(19-24(23)30-6-3)10-16-25(28)27-22-13-11-21(12-14-22)26(29)32-18-8-5-2/h9,11-15,19H,4-8,10,16-18H2,1-3H3,(H,27,28). The molecule has 0 atom stereocenters. The highest BCUT2D eigenvalue weighted by atomic mass is 16.5. The van der Waals surface area contributed by atoms with Crippen LogP contribution in [-0.4, -0.2) is 31.7 Å². The number of carbonyl (C=O) groups is 2. The first-order chi connectivity index (χ1) is 15.6. The maximum Gasteiger partial charge on any atom is 0.338 e. The zero-order valence-corrected chi connectivity index (χ0v) is 19.4. The minimum absolute atomic E-state index is 0.0931. The van der Waals surface area contributed by atoms with Crippen molar-refractivity contribution in [1.29, 1.82) is 0 Å². The molecular weight excluding hydrogens is 406 g/mol. The van der Waals surface area contributed by atoms with E-state index in [1.165, 1.54) is 0 Å². The van der Waals surface area contributed by atoms with Gasteiger partial charge in [-0.1, -0.05) is 32.8 Å². The Balaban J connectivity index is 1.86. The number of anilines is 1. The van der Waals surface area contributed by atoms with Gasteiger partial charge in [0.15, 0.2) is 11.5 Å². The van der Waals surface area contributed by atoms with Gasteiger partial charge in [0.2, 0.25) is 5.91 Å². The molecule has 0 aromatic heterocycles. The number of amides is 1. The summed E-state index contributed by atoms with van der Waals surface area (Å²) in [4.78, 5) is 24.3. The summed E-state index contributed by atoms with van der Waals surface area (Å²) in [6.45, 7) is 7.74. The molecule has 0 aliphatic rings. The van der Waals surface area contributed by atoms with Crippen molar-refractivity contribution in [2.24, 2.45) is 0 Å². The molecule has 0 aliphatic carbocycles. The van der Waals surface area contributed by atoms with Gasteiger partial charge < -0.3 is 19.5 Å². The highest BCUT2D eigenvalue weighted by molar-refractivity contribution is 5.93. The van der Waals surface area contributed by atoms with E-state index in [-0.39, 0.29) is 11.9 Å². The Bertz CT molecular complexity index is 848. The molecule has 2 aromatic rings. The molecule has 0 bridgehead atoms. The van der Waals surface area contributed by atoms with E-state index in [2.05, 4.69) is 12.2 Å². The van der Waals surface area contributed by atoms with Crippen LogP contribution in [0.5, 0.6) is 11.5 Å². The first kappa shape index (κ1) is 25.2. The van der Waals surface area contributed by atoms with Crippen molar-refractivity contribution >= 4 is 17.6 Å². The molecule has 6 heteroatoms. The Labute approximate surface area is 191 Å². The molecule has 2 aromatic carbocycles. The number of nitrogens with one attached hydrogen (secondary N) is 1. The third-order valence-electron chi connectivity index (χ3n) is 4.84. The Morgan fingerprint density at radius 3 is 2.25 bits per heavy atom. The summed E-state index contributed by atoms with van der Waals surface area (Å²) in [7, 11) is 0. The number of esters is 1. The van der Waals surface area contributed by atoms with Crippen LogP contribution in [0.25, 0.3) is 0 Å². The number of ether oxygens (including phenoxy) is 3. The predicted molar refractivity (Wildman–Crippen MR) is 127 cm³/mol. The van der Waals surface area contributed by atoms with Crippen LogP contribution in [0, 0.1) is 0 Å². The van der Waals surface area contributed by atoms with Gasteiger partial charge in [0, 0.05) is 12.1 Å². The number of carbonyl (C=O) groups excluding carboxylic acids is 2. The number of hydrogen-bond acceptors (Lipinski definition) is 5. The van der Waals surface area contributed by atoms with Crippen LogP contribution >= 0.6 is 0 Å². The normalized spacial score (nSPS) is 10.5. The summed E-state index contributed by atoms with van der Waals surface area (Å²) in [5.41, 5.74) is 2.13. The van der Waals surface area contributed by atoms with Gasteiger partial charge in [-0.05, 0) is 68.1 Å². The Kier molecular flexibility index (Phi) is 11.1. The summed E-state index contributed by atoms with van der Waals surface area (Å²) >= 11 is 0. The lowest BCUT2D eigenvalue weighted by molar-refractivity contribution is -0.116. The summed E-state index contributed by atoms with van der Waals surface area (Å²) in [6, 6.07) is 12.6. The van der Waals surface area contributed by atoms with Crippen LogP contribution in [0.4, 0.5) is 5.69 Å². The monoisotopic (exact) mass is 441 g/mol. The van der Waals surface area contributed by atoms with Crippen LogP contribution in [-0.2, 0) is 16.0 Å². The van der Waals surface area contributed by atoms with Crippen molar-refractivity contribution in [2.75, 3.05) is 25.1 Å². The molecule has 174 valence electrons. The van der Waals surface area contributed by atoms with Gasteiger partial charge in [0.25, 0.3) is 0 Å². The van der Waals surface area contributed by atoms with Gasteiger partial charge >= 0.3 is 5.97 Å². The van der Waals surface area contributed by atoms with Crippen molar-refractivity contribution in [1.82, 2.24) is 0 Å². The molecule has 0 aliphatic heterocycles. The lowest BCUT2D eigenvalue weighted by Crippen LogP contribution is -2.13. The molecule has 2 rings (SSSR count). The molecule has 0 unspecified atom stereocenters. The minimum Gasteiger partial charge on any atom is -0.490 e. The van der Waals surface area contributed by atoms with Gasteiger partial charge in [0.1, 0.15) is 0 Å². The number of hydrogen-bond donors (Lipinski definition) is 1. The highest BCUT2D eigenvalue weighted by Gasteiger charge is 2.10. The average molecular weight is 442 g/mol. The Morgan fingerprint density at radius 2 is 1.56 bits per heavy atom. The third kappa shape index (κ3) is 8.61. The van der Waals surface area contributed by atoms with E-state index in [0.29, 0.717) is 49.7 Å². The van der Waals surface area contributed by atoms with Gasteiger partial charge in [-0.2, -0.15) is 0 Å². The van der Waals surface area contributed by atoms with Crippen LogP contribution in [0.1, 0.15) is 68.8 Å². The topological polar surface area (TPSA) is 73.9 Å². The zero-order valence-electron chi connectivity index (χ0n) is 19.4. The molecule has 0 fully saturated rings. The Hall–Kier alpha value is -3.02. The molecule has 0 heterocycles. The lowest BCUT2D eigenvalue weighted by atomic mass is 10.1. The van der Waals surface area contributed by atoms with E-state index in [4.69, 9.17) is 14.2 Å². The maximum absolute atomic E-state index is 12.4. The van der Waals surface area contributed by atoms with E-state index in [9.17, 15) is 9.59 Å². The molecule has 1 amide bonds. The Morgan fingerprint density at radius 1 is 0.844 bits per heavy atom. The van der Waals surface area contributed by atoms with Crippen LogP contribution in [0.2, 0.25) is 0 Å².